The molecular formula is C51H44Cl3NO5. The van der Waals surface area contributed by atoms with Crippen LogP contribution in [0.5, 0.6) is 0 Å². The van der Waals surface area contributed by atoms with E-state index in [0.717, 1.165) is 39.3 Å². The van der Waals surface area contributed by atoms with E-state index in [1.165, 1.54) is 5.56 Å². The van der Waals surface area contributed by atoms with Gasteiger partial charge in [-0.3, -0.25) is 4.79 Å². The number of hydrogen-bond acceptors (Lipinski definition) is 5. The third-order valence-corrected chi connectivity index (χ3v) is 9.69. The van der Waals surface area contributed by atoms with Crippen molar-refractivity contribution >= 4 is 58.1 Å². The molecule has 0 aliphatic carbocycles. The molecule has 0 fully saturated rings. The molecule has 6 nitrogen and oxygen atoms in total. The van der Waals surface area contributed by atoms with Crippen LogP contribution in [-0.2, 0) is 20.7 Å². The van der Waals surface area contributed by atoms with Crippen LogP contribution < -0.4 is 0 Å². The number of benzene rings is 6. The van der Waals surface area contributed by atoms with E-state index in [0.29, 0.717) is 40.8 Å². The van der Waals surface area contributed by atoms with E-state index in [1.807, 2.05) is 153 Å². The Balaban J connectivity index is 0.000000190. The molecule has 0 aliphatic rings. The highest BCUT2D eigenvalue weighted by atomic mass is 35.5. The number of Topliss-reactive ketones (excluding diaryl/α,β-unsaturated/α-hetero) is 1. The monoisotopic (exact) mass is 855 g/mol. The molecule has 1 heterocycles. The summed E-state index contributed by atoms with van der Waals surface area (Å²) in [5.41, 5.74) is 8.90. The average molecular weight is 857 g/mol. The quantitative estimate of drug-likeness (QED) is 0.0530. The Kier molecular flexibility index (Phi) is 17.5. The summed E-state index contributed by atoms with van der Waals surface area (Å²) >= 11 is 17.1. The Hall–Kier alpha value is -6.18. The van der Waals surface area contributed by atoms with Crippen LogP contribution in [0.4, 0.5) is 0 Å². The first-order chi connectivity index (χ1) is 29.2. The molecule has 7 aromatic rings. The summed E-state index contributed by atoms with van der Waals surface area (Å²) in [5.74, 6) is -0.691. The van der Waals surface area contributed by atoms with E-state index in [1.54, 1.807) is 30.3 Å². The van der Waals surface area contributed by atoms with Crippen LogP contribution in [0.3, 0.4) is 0 Å². The van der Waals surface area contributed by atoms with Crippen molar-refractivity contribution < 1.29 is 23.9 Å². The van der Waals surface area contributed by atoms with Crippen molar-refractivity contribution in [3.05, 3.63) is 214 Å². The first-order valence-electron chi connectivity index (χ1n) is 19.3. The minimum absolute atomic E-state index is 0.0155. The van der Waals surface area contributed by atoms with Crippen LogP contribution in [0.2, 0.25) is 10.0 Å². The number of ketones is 1. The predicted molar refractivity (Wildman–Crippen MR) is 245 cm³/mol. The Morgan fingerprint density at radius 1 is 0.583 bits per heavy atom. The molecule has 0 amide bonds. The number of carbonyl (C=O) groups excluding carboxylic acids is 3. The van der Waals surface area contributed by atoms with Gasteiger partial charge >= 0.3 is 11.9 Å². The molecule has 0 bridgehead atoms. The molecule has 7 rings (SSSR count). The van der Waals surface area contributed by atoms with Crippen molar-refractivity contribution in [2.75, 3.05) is 19.1 Å². The summed E-state index contributed by atoms with van der Waals surface area (Å²) in [4.78, 5) is 35.5. The van der Waals surface area contributed by atoms with E-state index in [4.69, 9.17) is 44.3 Å². The molecule has 304 valence electrons. The molecule has 0 N–H and O–H groups in total. The number of hydrogen-bond donors (Lipinski definition) is 0. The average Bonchev–Trinajstić information content (AvgIpc) is 3.69. The van der Waals surface area contributed by atoms with Gasteiger partial charge in [0.2, 0.25) is 0 Å². The van der Waals surface area contributed by atoms with Crippen molar-refractivity contribution in [3.8, 4) is 28.2 Å². The first-order valence-corrected chi connectivity index (χ1v) is 20.6. The van der Waals surface area contributed by atoms with E-state index in [2.05, 4.69) is 16.7 Å². The molecule has 0 saturated heterocycles. The zero-order valence-corrected chi connectivity index (χ0v) is 35.5. The number of allylic oxidation sites excluding steroid dienone is 1. The van der Waals surface area contributed by atoms with Crippen molar-refractivity contribution in [2.45, 2.75) is 20.3 Å². The molecule has 0 atom stereocenters. The summed E-state index contributed by atoms with van der Waals surface area (Å²) in [7, 11) is 0. The van der Waals surface area contributed by atoms with Crippen molar-refractivity contribution in [1.29, 1.82) is 0 Å². The Morgan fingerprint density at radius 3 is 1.65 bits per heavy atom. The maximum atomic E-state index is 12.9. The third-order valence-electron chi connectivity index (χ3n) is 8.95. The Bertz CT molecular complexity index is 2450. The number of halogens is 3. The summed E-state index contributed by atoms with van der Waals surface area (Å²) < 4.78 is 12.5. The smallest absolute Gasteiger partial charge is 0.340 e. The van der Waals surface area contributed by atoms with E-state index in [-0.39, 0.29) is 23.6 Å². The molecule has 0 aliphatic heterocycles. The van der Waals surface area contributed by atoms with E-state index in [9.17, 15) is 14.4 Å². The van der Waals surface area contributed by atoms with Gasteiger partial charge in [-0.05, 0) is 103 Å². The number of aromatic nitrogens is 1. The van der Waals surface area contributed by atoms with Crippen molar-refractivity contribution in [2.24, 2.45) is 0 Å². The maximum absolute atomic E-state index is 12.9. The number of rotatable bonds is 12. The number of alkyl halides is 1. The second kappa shape index (κ2) is 23.4. The van der Waals surface area contributed by atoms with Gasteiger partial charge in [-0.2, -0.15) is 0 Å². The normalized spacial score (nSPS) is 10.7. The summed E-state index contributed by atoms with van der Waals surface area (Å²) in [6.07, 6.45) is 2.30. The number of nitrogens with zero attached hydrogens (tertiary/aromatic N) is 1. The first kappa shape index (κ1) is 44.9. The lowest BCUT2D eigenvalue weighted by Crippen LogP contribution is -2.07. The standard InChI is InChI=1S/C25H20ClNO2.C18H18O2.C8H6Cl2O/c1-2-29-25(28)22-17-23(18-13-15-20(26)16-14-18)27(21-11-7-4-8-12-21)24(22)19-9-5-3-6-10-19;1-2-20-18(19)14-17(16-11-7-4-8-12-16)13-15-9-5-3-6-10-15;9-5-8(11)6-1-3-7(10)4-2-6/h3-17H,2H2,1H3;3-12,14H,2,13H2,1H3;1-4H,5H2/b;17-14-;. The van der Waals surface area contributed by atoms with Gasteiger partial charge < -0.3 is 14.0 Å². The van der Waals surface area contributed by atoms with Gasteiger partial charge in [-0.25, -0.2) is 9.59 Å². The SMILES string of the molecule is CCOC(=O)/C=C(/Cc1ccccc1)c1ccccc1.CCOC(=O)c1cc(-c2ccc(Cl)cc2)n(-c2ccccc2)c1-c1ccccc1.O=C(CCl)c1ccc(Cl)cc1. The molecule has 0 spiro atoms. The summed E-state index contributed by atoms with van der Waals surface area (Å²) in [6, 6.07) is 56.1. The van der Waals surface area contributed by atoms with Gasteiger partial charge in [0, 0.05) is 27.4 Å². The van der Waals surface area contributed by atoms with Crippen molar-refractivity contribution in [1.82, 2.24) is 4.57 Å². The fourth-order valence-electron chi connectivity index (χ4n) is 6.18. The van der Waals surface area contributed by atoms with Gasteiger partial charge in [0.15, 0.2) is 5.78 Å². The van der Waals surface area contributed by atoms with Crippen LogP contribution in [0.25, 0.3) is 33.8 Å². The second-order valence-corrected chi connectivity index (χ2v) is 14.2. The fourth-order valence-corrected chi connectivity index (χ4v) is 6.58. The topological polar surface area (TPSA) is 74.6 Å². The zero-order valence-electron chi connectivity index (χ0n) is 33.3. The van der Waals surface area contributed by atoms with Gasteiger partial charge in [0.1, 0.15) is 0 Å². The van der Waals surface area contributed by atoms with Crippen LogP contribution in [0.15, 0.2) is 182 Å². The molecule has 0 unspecified atom stereocenters. The van der Waals surface area contributed by atoms with Gasteiger partial charge in [0.05, 0.1) is 36.0 Å². The molecule has 9 heteroatoms. The third kappa shape index (κ3) is 12.9. The summed E-state index contributed by atoms with van der Waals surface area (Å²) in [5, 5.41) is 1.29. The lowest BCUT2D eigenvalue weighted by Gasteiger charge is -2.15. The van der Waals surface area contributed by atoms with Crippen LogP contribution >= 0.6 is 34.8 Å². The molecule has 60 heavy (non-hydrogen) atoms. The zero-order chi connectivity index (χ0) is 42.7. The minimum Gasteiger partial charge on any atom is -0.463 e. The molecule has 0 saturated carbocycles. The lowest BCUT2D eigenvalue weighted by molar-refractivity contribution is -0.137. The number of para-hydroxylation sites is 1. The van der Waals surface area contributed by atoms with Crippen LogP contribution in [-0.4, -0.2) is 41.4 Å². The maximum Gasteiger partial charge on any atom is 0.340 e. The highest BCUT2D eigenvalue weighted by Gasteiger charge is 2.24. The number of esters is 2. The highest BCUT2D eigenvalue weighted by molar-refractivity contribution is 6.32. The molecule has 6 aromatic carbocycles. The Labute approximate surface area is 366 Å². The van der Waals surface area contributed by atoms with E-state index >= 15 is 0 Å². The predicted octanol–water partition coefficient (Wildman–Crippen LogP) is 13.3. The van der Waals surface area contributed by atoms with Gasteiger partial charge in [-0.1, -0.05) is 145 Å². The number of ether oxygens (including phenoxy) is 2. The van der Waals surface area contributed by atoms with Crippen LogP contribution in [0, 0.1) is 0 Å². The van der Waals surface area contributed by atoms with Crippen molar-refractivity contribution in [3.63, 3.8) is 0 Å². The second-order valence-electron chi connectivity index (χ2n) is 13.1. The van der Waals surface area contributed by atoms with E-state index < -0.39 is 0 Å². The van der Waals surface area contributed by atoms with Crippen LogP contribution in [0.1, 0.15) is 45.7 Å². The lowest BCUT2D eigenvalue weighted by atomic mass is 9.98. The largest absolute Gasteiger partial charge is 0.463 e. The highest BCUT2D eigenvalue weighted by Crippen LogP contribution is 2.37. The van der Waals surface area contributed by atoms with Gasteiger partial charge in [0.25, 0.3) is 0 Å². The summed E-state index contributed by atoms with van der Waals surface area (Å²) in [6.45, 7) is 4.34. The molecule has 1 aromatic heterocycles. The minimum atomic E-state index is -0.337. The Morgan fingerprint density at radius 2 is 1.10 bits per heavy atom. The number of carbonyl (C=O) groups is 3. The molecular weight excluding hydrogens is 813 g/mol. The fraction of sp³-hybridized carbons (Fsp3) is 0.118. The molecule has 0 radical (unpaired) electrons. The van der Waals surface area contributed by atoms with Gasteiger partial charge in [-0.15, -0.1) is 11.6 Å².